The Balaban J connectivity index is 1.18. The number of anilines is 3. The van der Waals surface area contributed by atoms with Crippen molar-refractivity contribution in [2.24, 2.45) is 0 Å². The lowest BCUT2D eigenvalue weighted by Crippen LogP contribution is -2.10. The van der Waals surface area contributed by atoms with Gasteiger partial charge >= 0.3 is 0 Å². The van der Waals surface area contributed by atoms with E-state index in [-0.39, 0.29) is 0 Å². The Labute approximate surface area is 296 Å². The van der Waals surface area contributed by atoms with Crippen LogP contribution < -0.4 is 9.64 Å². The maximum Gasteiger partial charge on any atom is 0.159 e. The van der Waals surface area contributed by atoms with Crippen LogP contribution in [0.3, 0.4) is 0 Å². The quantitative estimate of drug-likeness (QED) is 0.185. The zero-order chi connectivity index (χ0) is 33.7. The van der Waals surface area contributed by atoms with Crippen LogP contribution in [0.25, 0.3) is 66.4 Å². The van der Waals surface area contributed by atoms with Gasteiger partial charge in [0.2, 0.25) is 0 Å². The summed E-state index contributed by atoms with van der Waals surface area (Å²) >= 11 is 0. The van der Waals surface area contributed by atoms with Crippen molar-refractivity contribution in [3.05, 3.63) is 188 Å². The minimum absolute atomic E-state index is 0.851. The number of para-hydroxylation sites is 4. The molecule has 8 aromatic carbocycles. The third-order valence-corrected chi connectivity index (χ3v) is 9.89. The summed E-state index contributed by atoms with van der Waals surface area (Å²) in [4.78, 5) is 2.32. The molecule has 3 heteroatoms. The lowest BCUT2D eigenvalue weighted by molar-refractivity contribution is 0.488. The second-order valence-corrected chi connectivity index (χ2v) is 12.9. The molecule has 0 saturated carbocycles. The van der Waals surface area contributed by atoms with Crippen molar-refractivity contribution in [1.29, 1.82) is 0 Å². The molecule has 0 unspecified atom stereocenters. The molecule has 9 aromatic rings. The van der Waals surface area contributed by atoms with Crippen LogP contribution in [0.2, 0.25) is 0 Å². The molecule has 10 rings (SSSR count). The van der Waals surface area contributed by atoms with Gasteiger partial charge in [-0.2, -0.15) is 0 Å². The highest BCUT2D eigenvalue weighted by atomic mass is 16.5. The average molecular weight is 654 g/mol. The summed E-state index contributed by atoms with van der Waals surface area (Å²) in [5, 5.41) is 2.20. The van der Waals surface area contributed by atoms with Crippen LogP contribution in [0.15, 0.2) is 192 Å². The summed E-state index contributed by atoms with van der Waals surface area (Å²) in [6.45, 7) is 0. The Kier molecular flexibility index (Phi) is 6.81. The Morgan fingerprint density at radius 2 is 0.980 bits per heavy atom. The molecule has 0 saturated heterocycles. The average Bonchev–Trinajstić information content (AvgIpc) is 3.51. The van der Waals surface area contributed by atoms with Crippen LogP contribution in [-0.4, -0.2) is 0 Å². The second-order valence-electron chi connectivity index (χ2n) is 12.9. The van der Waals surface area contributed by atoms with E-state index in [9.17, 15) is 0 Å². The van der Waals surface area contributed by atoms with Crippen LogP contribution in [0.5, 0.6) is 11.5 Å². The first-order chi connectivity index (χ1) is 25.3. The minimum Gasteiger partial charge on any atom is -0.456 e. The highest BCUT2D eigenvalue weighted by Crippen LogP contribution is 2.51. The first-order valence-electron chi connectivity index (χ1n) is 17.3. The fourth-order valence-corrected chi connectivity index (χ4v) is 7.55. The predicted molar refractivity (Wildman–Crippen MR) is 210 cm³/mol. The third kappa shape index (κ3) is 4.90. The Morgan fingerprint density at radius 3 is 1.84 bits per heavy atom. The van der Waals surface area contributed by atoms with Crippen molar-refractivity contribution in [3.8, 4) is 56.0 Å². The van der Waals surface area contributed by atoms with Gasteiger partial charge in [0.25, 0.3) is 0 Å². The molecule has 0 fully saturated rings. The van der Waals surface area contributed by atoms with Gasteiger partial charge in [-0.15, -0.1) is 0 Å². The molecule has 0 aliphatic carbocycles. The smallest absolute Gasteiger partial charge is 0.159 e. The molecule has 0 radical (unpaired) electrons. The monoisotopic (exact) mass is 653 g/mol. The molecule has 0 bridgehead atoms. The van der Waals surface area contributed by atoms with Crippen LogP contribution >= 0.6 is 0 Å². The SMILES string of the molecule is c1ccc(-c2ccc(N(c3cccc(-c4cccc5c4-c4ccccc4Oc4ccccc4-5)c3)c3cccc4c3oc3ccccc34)cc2)cc1. The van der Waals surface area contributed by atoms with Crippen LogP contribution in [0.1, 0.15) is 0 Å². The summed E-state index contributed by atoms with van der Waals surface area (Å²) < 4.78 is 13.2. The topological polar surface area (TPSA) is 25.6 Å². The van der Waals surface area contributed by atoms with Gasteiger partial charge in [-0.05, 0) is 76.3 Å². The lowest BCUT2D eigenvalue weighted by atomic mass is 9.87. The Bertz CT molecular complexity index is 2730. The van der Waals surface area contributed by atoms with Crippen LogP contribution in [-0.2, 0) is 0 Å². The van der Waals surface area contributed by atoms with Crippen molar-refractivity contribution in [2.75, 3.05) is 4.90 Å². The molecule has 1 aliphatic heterocycles. The summed E-state index contributed by atoms with van der Waals surface area (Å²) in [6.07, 6.45) is 0. The largest absolute Gasteiger partial charge is 0.456 e. The van der Waals surface area contributed by atoms with Crippen LogP contribution in [0, 0.1) is 0 Å². The molecule has 0 atom stereocenters. The number of furan rings is 1. The van der Waals surface area contributed by atoms with E-state index in [2.05, 4.69) is 163 Å². The minimum atomic E-state index is 0.851. The van der Waals surface area contributed by atoms with Gasteiger partial charge < -0.3 is 14.1 Å². The van der Waals surface area contributed by atoms with E-state index in [4.69, 9.17) is 9.15 Å². The first kappa shape index (κ1) is 29.1. The molecular formula is C48H31NO2. The van der Waals surface area contributed by atoms with E-state index < -0.39 is 0 Å². The number of hydrogen-bond donors (Lipinski definition) is 0. The summed E-state index contributed by atoms with van der Waals surface area (Å²) in [5.74, 6) is 1.71. The fourth-order valence-electron chi connectivity index (χ4n) is 7.55. The number of benzene rings is 8. The zero-order valence-corrected chi connectivity index (χ0v) is 27.7. The summed E-state index contributed by atoms with van der Waals surface area (Å²) in [5.41, 5.74) is 13.9. The van der Waals surface area contributed by atoms with E-state index in [1.807, 2.05) is 30.3 Å². The molecular weight excluding hydrogens is 623 g/mol. The molecule has 1 aliphatic rings. The maximum absolute atomic E-state index is 6.62. The Morgan fingerprint density at radius 1 is 0.373 bits per heavy atom. The number of rotatable bonds is 5. The van der Waals surface area contributed by atoms with Crippen molar-refractivity contribution in [3.63, 3.8) is 0 Å². The normalized spacial score (nSPS) is 11.7. The molecule has 3 nitrogen and oxygen atoms in total. The van der Waals surface area contributed by atoms with E-state index in [1.165, 1.54) is 11.1 Å². The predicted octanol–water partition coefficient (Wildman–Crippen LogP) is 13.8. The lowest BCUT2D eigenvalue weighted by Gasteiger charge is -2.26. The summed E-state index contributed by atoms with van der Waals surface area (Å²) in [6, 6.07) is 66.1. The molecule has 0 N–H and O–H groups in total. The first-order valence-corrected chi connectivity index (χ1v) is 17.3. The van der Waals surface area contributed by atoms with Crippen molar-refractivity contribution in [2.45, 2.75) is 0 Å². The van der Waals surface area contributed by atoms with Gasteiger partial charge in [-0.3, -0.25) is 0 Å². The van der Waals surface area contributed by atoms with Gasteiger partial charge in [-0.25, -0.2) is 0 Å². The van der Waals surface area contributed by atoms with E-state index >= 15 is 0 Å². The third-order valence-electron chi connectivity index (χ3n) is 9.89. The highest BCUT2D eigenvalue weighted by Gasteiger charge is 2.24. The Hall–Kier alpha value is -6.84. The number of ether oxygens (including phenoxy) is 1. The second kappa shape index (κ2) is 11.9. The molecule has 0 spiro atoms. The number of nitrogens with zero attached hydrogens (tertiary/aromatic N) is 1. The molecule has 1 aromatic heterocycles. The fraction of sp³-hybridized carbons (Fsp3) is 0. The number of hydrogen-bond acceptors (Lipinski definition) is 3. The number of fused-ring (bicyclic) bond motifs is 8. The standard InChI is InChI=1S/C48H31NO2/c1-2-13-32(14-3-1)33-27-29-35(30-28-33)49(43-23-12-22-41-39-18-5-8-25-45(39)51-48(41)43)36-16-10-15-34(31-36)37-20-11-21-40-38-17-4-7-24-44(38)50-46-26-9-6-19-42(46)47(37)40/h1-31H. The van der Waals surface area contributed by atoms with Gasteiger partial charge in [-0.1, -0.05) is 140 Å². The van der Waals surface area contributed by atoms with Crippen molar-refractivity contribution in [1.82, 2.24) is 0 Å². The molecule has 51 heavy (non-hydrogen) atoms. The van der Waals surface area contributed by atoms with Crippen molar-refractivity contribution < 1.29 is 9.15 Å². The van der Waals surface area contributed by atoms with E-state index in [0.717, 1.165) is 83.9 Å². The van der Waals surface area contributed by atoms with E-state index in [0.29, 0.717) is 0 Å². The zero-order valence-electron chi connectivity index (χ0n) is 27.7. The van der Waals surface area contributed by atoms with Crippen LogP contribution in [0.4, 0.5) is 17.1 Å². The van der Waals surface area contributed by atoms with Crippen molar-refractivity contribution >= 4 is 39.0 Å². The van der Waals surface area contributed by atoms with Gasteiger partial charge in [0.05, 0.1) is 5.69 Å². The van der Waals surface area contributed by atoms with Gasteiger partial charge in [0.15, 0.2) is 5.58 Å². The molecule has 0 amide bonds. The maximum atomic E-state index is 6.62. The molecule has 2 heterocycles. The van der Waals surface area contributed by atoms with E-state index in [1.54, 1.807) is 0 Å². The highest BCUT2D eigenvalue weighted by molar-refractivity contribution is 6.10. The van der Waals surface area contributed by atoms with Gasteiger partial charge in [0, 0.05) is 38.8 Å². The molecule has 240 valence electrons. The van der Waals surface area contributed by atoms with Gasteiger partial charge in [0.1, 0.15) is 17.1 Å². The summed E-state index contributed by atoms with van der Waals surface area (Å²) in [7, 11) is 0.